The Hall–Kier alpha value is -1.01. The Labute approximate surface area is 161 Å². The van der Waals surface area contributed by atoms with E-state index in [1.165, 1.54) is 0 Å². The molecule has 1 rings (SSSR count). The topological polar surface area (TPSA) is 9.23 Å². The molecule has 0 unspecified atom stereocenters. The predicted molar refractivity (Wildman–Crippen MR) is 114 cm³/mol. The zero-order valence-corrected chi connectivity index (χ0v) is 18.7. The van der Waals surface area contributed by atoms with Crippen LogP contribution in [0.3, 0.4) is 0 Å². The van der Waals surface area contributed by atoms with Crippen LogP contribution in [0.5, 0.6) is 0 Å². The second kappa shape index (κ2) is 9.08. The summed E-state index contributed by atoms with van der Waals surface area (Å²) in [5, 5.41) is 0.757. The van der Waals surface area contributed by atoms with Gasteiger partial charge in [0.15, 0.2) is 8.32 Å². The molecule has 0 aliphatic carbocycles. The molecular weight excluding hydrogens is 344 g/mol. The molecule has 0 aromatic heterocycles. The highest BCUT2D eigenvalue weighted by Gasteiger charge is 2.40. The van der Waals surface area contributed by atoms with Crippen molar-refractivity contribution in [2.75, 3.05) is 0 Å². The van der Waals surface area contributed by atoms with Crippen LogP contribution >= 0.6 is 11.6 Å². The summed E-state index contributed by atoms with van der Waals surface area (Å²) in [6.45, 7) is 17.7. The summed E-state index contributed by atoms with van der Waals surface area (Å²) in [6, 6.07) is 7.84. The third-order valence-corrected chi connectivity index (χ3v) is 5.34. The zero-order valence-electron chi connectivity index (χ0n) is 17.0. The van der Waals surface area contributed by atoms with Crippen molar-refractivity contribution in [2.45, 2.75) is 59.9 Å². The molecular formula is C22H33ClOSi. The molecule has 25 heavy (non-hydrogen) atoms. The summed E-state index contributed by atoms with van der Waals surface area (Å²) in [4.78, 5) is 0. The molecule has 138 valence electrons. The van der Waals surface area contributed by atoms with E-state index in [0.717, 1.165) is 10.6 Å². The van der Waals surface area contributed by atoms with Crippen molar-refractivity contribution in [3.05, 3.63) is 40.9 Å². The van der Waals surface area contributed by atoms with Gasteiger partial charge in [-0.25, -0.2) is 0 Å². The number of rotatable bonds is 6. The first-order valence-corrected chi connectivity index (χ1v) is 12.9. The van der Waals surface area contributed by atoms with Gasteiger partial charge in [0, 0.05) is 10.9 Å². The Balaban J connectivity index is 3.02. The molecule has 0 spiro atoms. The maximum Gasteiger partial charge on any atom is 0.185 e. The lowest BCUT2D eigenvalue weighted by atomic mass is 9.80. The SMILES string of the molecule is CC(C)C(C#C[C@@H](C)/C=C/c1ccc(Cl)cc1)(O[Si](C)(C)C)C(C)C. The minimum atomic E-state index is -1.70. The number of hydrogen-bond donors (Lipinski definition) is 0. The summed E-state index contributed by atoms with van der Waals surface area (Å²) in [6.07, 6.45) is 4.23. The van der Waals surface area contributed by atoms with Gasteiger partial charge in [-0.3, -0.25) is 0 Å². The average molecular weight is 377 g/mol. The molecule has 0 bridgehead atoms. The molecule has 0 N–H and O–H groups in total. The van der Waals surface area contributed by atoms with Crippen LogP contribution < -0.4 is 0 Å². The van der Waals surface area contributed by atoms with Gasteiger partial charge in [0.05, 0.1) is 0 Å². The van der Waals surface area contributed by atoms with Gasteiger partial charge in [-0.2, -0.15) is 0 Å². The summed E-state index contributed by atoms with van der Waals surface area (Å²) < 4.78 is 6.60. The summed E-state index contributed by atoms with van der Waals surface area (Å²) in [7, 11) is -1.70. The Morgan fingerprint density at radius 2 is 1.52 bits per heavy atom. The molecule has 0 aliphatic rings. The molecule has 0 fully saturated rings. The first kappa shape index (κ1) is 22.0. The quantitative estimate of drug-likeness (QED) is 0.387. The Kier molecular flexibility index (Phi) is 8.00. The van der Waals surface area contributed by atoms with Crippen LogP contribution in [-0.4, -0.2) is 13.9 Å². The van der Waals surface area contributed by atoms with Crippen molar-refractivity contribution in [2.24, 2.45) is 17.8 Å². The van der Waals surface area contributed by atoms with E-state index in [4.69, 9.17) is 16.0 Å². The summed E-state index contributed by atoms with van der Waals surface area (Å²) in [5.41, 5.74) is 0.753. The fourth-order valence-corrected chi connectivity index (χ4v) is 4.49. The van der Waals surface area contributed by atoms with Crippen molar-refractivity contribution in [1.29, 1.82) is 0 Å². The number of benzene rings is 1. The van der Waals surface area contributed by atoms with Gasteiger partial charge in [0.25, 0.3) is 0 Å². The predicted octanol–water partition coefficient (Wildman–Crippen LogP) is 6.90. The number of hydrogen-bond acceptors (Lipinski definition) is 1. The fourth-order valence-electron chi connectivity index (χ4n) is 2.83. The smallest absolute Gasteiger partial charge is 0.185 e. The van der Waals surface area contributed by atoms with Gasteiger partial charge in [-0.05, 0) is 56.1 Å². The molecule has 0 saturated heterocycles. The van der Waals surface area contributed by atoms with E-state index in [1.807, 2.05) is 24.3 Å². The van der Waals surface area contributed by atoms with Crippen molar-refractivity contribution < 1.29 is 4.43 Å². The van der Waals surface area contributed by atoms with Crippen molar-refractivity contribution >= 4 is 26.0 Å². The van der Waals surface area contributed by atoms with Gasteiger partial charge in [0.1, 0.15) is 5.60 Å². The molecule has 1 aromatic rings. The van der Waals surface area contributed by atoms with E-state index < -0.39 is 8.32 Å². The van der Waals surface area contributed by atoms with E-state index in [2.05, 4.69) is 78.3 Å². The minimum absolute atomic E-state index is 0.165. The molecule has 0 amide bonds. The van der Waals surface area contributed by atoms with Crippen LogP contribution in [0.1, 0.15) is 40.2 Å². The normalized spacial score (nSPS) is 14.0. The van der Waals surface area contributed by atoms with Gasteiger partial charge in [-0.15, -0.1) is 0 Å². The first-order chi connectivity index (χ1) is 11.5. The van der Waals surface area contributed by atoms with Crippen LogP contribution in [0, 0.1) is 29.6 Å². The largest absolute Gasteiger partial charge is 0.401 e. The number of allylic oxidation sites excluding steroid dienone is 1. The average Bonchev–Trinajstić information content (AvgIpc) is 2.49. The maximum absolute atomic E-state index is 6.60. The monoisotopic (exact) mass is 376 g/mol. The van der Waals surface area contributed by atoms with E-state index in [-0.39, 0.29) is 11.5 Å². The van der Waals surface area contributed by atoms with Crippen molar-refractivity contribution in [3.8, 4) is 11.8 Å². The van der Waals surface area contributed by atoms with Gasteiger partial charge in [0.2, 0.25) is 0 Å². The molecule has 1 nitrogen and oxygen atoms in total. The van der Waals surface area contributed by atoms with Crippen LogP contribution in [0.25, 0.3) is 6.08 Å². The van der Waals surface area contributed by atoms with Crippen molar-refractivity contribution in [1.82, 2.24) is 0 Å². The number of halogens is 1. The highest BCUT2D eigenvalue weighted by Crippen LogP contribution is 2.33. The Morgan fingerprint density at radius 1 is 1.00 bits per heavy atom. The van der Waals surface area contributed by atoms with Gasteiger partial charge >= 0.3 is 0 Å². The standard InChI is InChI=1S/C22H33ClOSi/c1-17(2)22(18(3)4,24-25(6,7)8)16-15-19(5)9-10-20-11-13-21(23)14-12-20/h9-14,17-19H,1-8H3/b10-9+/t19-/m0/s1. The van der Waals surface area contributed by atoms with E-state index in [9.17, 15) is 0 Å². The molecule has 0 aliphatic heterocycles. The van der Waals surface area contributed by atoms with E-state index in [0.29, 0.717) is 11.8 Å². The molecule has 1 aromatic carbocycles. The van der Waals surface area contributed by atoms with E-state index >= 15 is 0 Å². The highest BCUT2D eigenvalue weighted by atomic mass is 35.5. The molecule has 1 atom stereocenters. The van der Waals surface area contributed by atoms with Crippen LogP contribution in [0.2, 0.25) is 24.7 Å². The lowest BCUT2D eigenvalue weighted by Gasteiger charge is -2.41. The van der Waals surface area contributed by atoms with Gasteiger partial charge in [-0.1, -0.05) is 75.4 Å². The highest BCUT2D eigenvalue weighted by molar-refractivity contribution is 6.69. The lowest BCUT2D eigenvalue weighted by Crippen LogP contribution is -2.49. The maximum atomic E-state index is 6.60. The fraction of sp³-hybridized carbons (Fsp3) is 0.545. The summed E-state index contributed by atoms with van der Waals surface area (Å²) in [5.74, 6) is 7.81. The molecule has 0 saturated carbocycles. The van der Waals surface area contributed by atoms with Gasteiger partial charge < -0.3 is 4.43 Å². The summed E-state index contributed by atoms with van der Waals surface area (Å²) >= 11 is 5.93. The third-order valence-electron chi connectivity index (χ3n) is 4.13. The second-order valence-corrected chi connectivity index (χ2v) is 13.2. The Bertz CT molecular complexity index is 619. The van der Waals surface area contributed by atoms with Crippen LogP contribution in [-0.2, 0) is 4.43 Å². The van der Waals surface area contributed by atoms with E-state index in [1.54, 1.807) is 0 Å². The second-order valence-electron chi connectivity index (χ2n) is 8.29. The molecule has 0 heterocycles. The third kappa shape index (κ3) is 7.02. The molecule has 3 heteroatoms. The van der Waals surface area contributed by atoms with Crippen LogP contribution in [0.15, 0.2) is 30.3 Å². The first-order valence-electron chi connectivity index (χ1n) is 9.13. The zero-order chi connectivity index (χ0) is 19.3. The molecule has 0 radical (unpaired) electrons. The van der Waals surface area contributed by atoms with Crippen LogP contribution in [0.4, 0.5) is 0 Å². The lowest BCUT2D eigenvalue weighted by molar-refractivity contribution is 0.0274. The minimum Gasteiger partial charge on any atom is -0.401 e. The Morgan fingerprint density at radius 3 is 1.96 bits per heavy atom. The van der Waals surface area contributed by atoms with Crippen molar-refractivity contribution in [3.63, 3.8) is 0 Å².